The van der Waals surface area contributed by atoms with Crippen LogP contribution < -0.4 is 24.8 Å². The highest BCUT2D eigenvalue weighted by atomic mass is 16.5. The average Bonchev–Trinajstić information content (AvgIpc) is 2.67. The van der Waals surface area contributed by atoms with Crippen molar-refractivity contribution in [2.24, 2.45) is 5.73 Å². The molecule has 0 saturated carbocycles. The van der Waals surface area contributed by atoms with Crippen LogP contribution in [0.5, 0.6) is 17.2 Å². The first-order valence-electron chi connectivity index (χ1n) is 8.51. The van der Waals surface area contributed by atoms with Gasteiger partial charge in [0, 0.05) is 36.8 Å². The summed E-state index contributed by atoms with van der Waals surface area (Å²) in [5.74, 6) is 2.74. The summed E-state index contributed by atoms with van der Waals surface area (Å²) in [6, 6.07) is 14.4. The molecule has 0 spiro atoms. The van der Waals surface area contributed by atoms with Gasteiger partial charge in [0.2, 0.25) is 0 Å². The summed E-state index contributed by atoms with van der Waals surface area (Å²) in [7, 11) is 4.99. The largest absolute Gasteiger partial charge is 0.497 e. The van der Waals surface area contributed by atoms with Gasteiger partial charge < -0.3 is 24.8 Å². The minimum absolute atomic E-state index is 0.133. The molecule has 2 aromatic carbocycles. The van der Waals surface area contributed by atoms with E-state index in [0.29, 0.717) is 5.92 Å². The van der Waals surface area contributed by atoms with E-state index in [9.17, 15) is 0 Å². The van der Waals surface area contributed by atoms with E-state index < -0.39 is 0 Å². The fraction of sp³-hybridized carbons (Fsp3) is 0.400. The second-order valence-electron chi connectivity index (χ2n) is 6.41. The van der Waals surface area contributed by atoms with Crippen LogP contribution in [0, 0.1) is 0 Å². The Morgan fingerprint density at radius 2 is 1.60 bits per heavy atom. The Morgan fingerprint density at radius 3 is 2.24 bits per heavy atom. The first-order chi connectivity index (χ1) is 12.1. The van der Waals surface area contributed by atoms with E-state index in [1.165, 1.54) is 5.56 Å². The van der Waals surface area contributed by atoms with Gasteiger partial charge in [-0.05, 0) is 36.2 Å². The van der Waals surface area contributed by atoms with E-state index in [0.717, 1.165) is 42.4 Å². The van der Waals surface area contributed by atoms with Crippen LogP contribution in [-0.2, 0) is 0 Å². The van der Waals surface area contributed by atoms with Gasteiger partial charge in [-0.25, -0.2) is 0 Å². The average molecular weight is 342 g/mol. The summed E-state index contributed by atoms with van der Waals surface area (Å²) in [5, 5.41) is 0. The zero-order chi connectivity index (χ0) is 17.8. The van der Waals surface area contributed by atoms with Gasteiger partial charge in [0.15, 0.2) is 11.5 Å². The summed E-state index contributed by atoms with van der Waals surface area (Å²) >= 11 is 0. The van der Waals surface area contributed by atoms with Gasteiger partial charge in [0.1, 0.15) is 5.75 Å². The maximum Gasteiger partial charge on any atom is 0.162 e. The molecule has 0 amide bonds. The molecule has 2 atom stereocenters. The van der Waals surface area contributed by atoms with Crippen molar-refractivity contribution in [2.75, 3.05) is 39.3 Å². The molecule has 1 aliphatic rings. The summed E-state index contributed by atoms with van der Waals surface area (Å²) in [5.41, 5.74) is 8.75. The van der Waals surface area contributed by atoms with Crippen LogP contribution in [0.2, 0.25) is 0 Å². The molecule has 1 fully saturated rings. The lowest BCUT2D eigenvalue weighted by molar-refractivity contribution is 0.354. The molecule has 2 unspecified atom stereocenters. The zero-order valence-corrected chi connectivity index (χ0v) is 15.1. The van der Waals surface area contributed by atoms with Crippen LogP contribution >= 0.6 is 0 Å². The number of ether oxygens (including phenoxy) is 3. The SMILES string of the molecule is COc1ccc(C2CC(N)CN(c3ccc(OC)c(OC)c3)C2)cc1. The molecule has 1 saturated heterocycles. The molecule has 2 aromatic rings. The van der Waals surface area contributed by atoms with E-state index in [1.807, 2.05) is 24.3 Å². The van der Waals surface area contributed by atoms with Gasteiger partial charge in [-0.2, -0.15) is 0 Å². The molecule has 25 heavy (non-hydrogen) atoms. The minimum atomic E-state index is 0.133. The van der Waals surface area contributed by atoms with Gasteiger partial charge in [-0.15, -0.1) is 0 Å². The first kappa shape index (κ1) is 17.4. The van der Waals surface area contributed by atoms with Crippen LogP contribution in [0.1, 0.15) is 17.9 Å². The van der Waals surface area contributed by atoms with Crippen LogP contribution in [0.15, 0.2) is 42.5 Å². The highest BCUT2D eigenvalue weighted by Gasteiger charge is 2.27. The molecule has 134 valence electrons. The van der Waals surface area contributed by atoms with Crippen molar-refractivity contribution >= 4 is 5.69 Å². The number of piperidine rings is 1. The van der Waals surface area contributed by atoms with Crippen molar-refractivity contribution in [2.45, 2.75) is 18.4 Å². The Balaban J connectivity index is 1.82. The number of nitrogens with zero attached hydrogens (tertiary/aromatic N) is 1. The van der Waals surface area contributed by atoms with Crippen LogP contribution in [0.3, 0.4) is 0 Å². The summed E-state index contributed by atoms with van der Waals surface area (Å²) in [6.45, 7) is 1.76. The maximum absolute atomic E-state index is 6.35. The minimum Gasteiger partial charge on any atom is -0.497 e. The molecule has 0 aliphatic carbocycles. The maximum atomic E-state index is 6.35. The number of hydrogen-bond donors (Lipinski definition) is 1. The Kier molecular flexibility index (Phi) is 5.34. The number of nitrogens with two attached hydrogens (primary N) is 1. The predicted molar refractivity (Wildman–Crippen MR) is 100 cm³/mol. The molecular formula is C20H26N2O3. The predicted octanol–water partition coefficient (Wildman–Crippen LogP) is 3.03. The van der Waals surface area contributed by atoms with Crippen molar-refractivity contribution in [1.29, 1.82) is 0 Å². The summed E-state index contributed by atoms with van der Waals surface area (Å²) < 4.78 is 16.0. The second-order valence-corrected chi connectivity index (χ2v) is 6.41. The monoisotopic (exact) mass is 342 g/mol. The molecular weight excluding hydrogens is 316 g/mol. The van der Waals surface area contributed by atoms with Crippen LogP contribution in [0.25, 0.3) is 0 Å². The Morgan fingerprint density at radius 1 is 0.880 bits per heavy atom. The second kappa shape index (κ2) is 7.66. The van der Waals surface area contributed by atoms with Gasteiger partial charge in [-0.1, -0.05) is 12.1 Å². The summed E-state index contributed by atoms with van der Waals surface area (Å²) in [4.78, 5) is 2.32. The van der Waals surface area contributed by atoms with Crippen molar-refractivity contribution in [3.8, 4) is 17.2 Å². The van der Waals surface area contributed by atoms with E-state index in [4.69, 9.17) is 19.9 Å². The molecule has 0 radical (unpaired) electrons. The number of anilines is 1. The van der Waals surface area contributed by atoms with Gasteiger partial charge in [-0.3, -0.25) is 0 Å². The molecule has 3 rings (SSSR count). The van der Waals surface area contributed by atoms with Crippen LogP contribution in [0.4, 0.5) is 5.69 Å². The van der Waals surface area contributed by atoms with Gasteiger partial charge >= 0.3 is 0 Å². The Bertz CT molecular complexity index is 703. The molecule has 0 aromatic heterocycles. The molecule has 5 heteroatoms. The number of rotatable bonds is 5. The smallest absolute Gasteiger partial charge is 0.162 e. The van der Waals surface area contributed by atoms with Crippen molar-refractivity contribution in [1.82, 2.24) is 0 Å². The van der Waals surface area contributed by atoms with Crippen molar-refractivity contribution in [3.63, 3.8) is 0 Å². The lowest BCUT2D eigenvalue weighted by Crippen LogP contribution is -2.46. The van der Waals surface area contributed by atoms with Gasteiger partial charge in [0.05, 0.1) is 21.3 Å². The molecule has 2 N–H and O–H groups in total. The van der Waals surface area contributed by atoms with Gasteiger partial charge in [0.25, 0.3) is 0 Å². The zero-order valence-electron chi connectivity index (χ0n) is 15.1. The first-order valence-corrected chi connectivity index (χ1v) is 8.51. The third kappa shape index (κ3) is 3.82. The highest BCUT2D eigenvalue weighted by molar-refractivity contribution is 5.57. The summed E-state index contributed by atoms with van der Waals surface area (Å²) in [6.07, 6.45) is 0.982. The van der Waals surface area contributed by atoms with Crippen molar-refractivity contribution < 1.29 is 14.2 Å². The Hall–Kier alpha value is -2.40. The van der Waals surface area contributed by atoms with Crippen molar-refractivity contribution in [3.05, 3.63) is 48.0 Å². The number of methoxy groups -OCH3 is 3. The topological polar surface area (TPSA) is 57.0 Å². The molecule has 0 bridgehead atoms. The van der Waals surface area contributed by atoms with E-state index in [-0.39, 0.29) is 6.04 Å². The lowest BCUT2D eigenvalue weighted by Gasteiger charge is -2.38. The molecule has 5 nitrogen and oxygen atoms in total. The van der Waals surface area contributed by atoms with E-state index in [1.54, 1.807) is 21.3 Å². The third-order valence-electron chi connectivity index (χ3n) is 4.80. The lowest BCUT2D eigenvalue weighted by atomic mass is 9.88. The number of benzene rings is 2. The van der Waals surface area contributed by atoms with E-state index in [2.05, 4.69) is 23.1 Å². The highest BCUT2D eigenvalue weighted by Crippen LogP contribution is 2.35. The quantitative estimate of drug-likeness (QED) is 0.905. The van der Waals surface area contributed by atoms with E-state index >= 15 is 0 Å². The third-order valence-corrected chi connectivity index (χ3v) is 4.80. The normalized spacial score (nSPS) is 20.2. The fourth-order valence-electron chi connectivity index (χ4n) is 3.49. The standard InChI is InChI=1S/C20H26N2O3/c1-23-18-7-4-14(5-8-18)15-10-16(21)13-22(12-15)17-6-9-19(24-2)20(11-17)25-3/h4-9,11,15-16H,10,12-13,21H2,1-3H3. The molecule has 1 heterocycles. The number of hydrogen-bond acceptors (Lipinski definition) is 5. The fourth-order valence-corrected chi connectivity index (χ4v) is 3.49. The Labute approximate surface area is 149 Å². The molecule has 1 aliphatic heterocycles. The van der Waals surface area contributed by atoms with Crippen LogP contribution in [-0.4, -0.2) is 40.5 Å².